The van der Waals surface area contributed by atoms with Crippen molar-refractivity contribution in [3.63, 3.8) is 0 Å². The molecule has 4 nitrogen and oxygen atoms in total. The van der Waals surface area contributed by atoms with E-state index in [4.69, 9.17) is 15.0 Å². The number of fused-ring (bicyclic) bond motifs is 7. The third-order valence-electron chi connectivity index (χ3n) is 12.2. The lowest BCUT2D eigenvalue weighted by molar-refractivity contribution is 1.18. The van der Waals surface area contributed by atoms with Gasteiger partial charge >= 0.3 is 0 Å². The van der Waals surface area contributed by atoms with Gasteiger partial charge in [0.15, 0.2) is 5.82 Å². The number of hydrogen-bond acceptors (Lipinski definition) is 3. The molecule has 3 heterocycles. The average Bonchev–Trinajstić information content (AvgIpc) is 3.71. The molecule has 3 aromatic heterocycles. The van der Waals surface area contributed by atoms with Crippen LogP contribution < -0.4 is 0 Å². The highest BCUT2D eigenvalue weighted by atomic mass is 15.0. The van der Waals surface area contributed by atoms with Crippen LogP contribution >= 0.6 is 0 Å². The van der Waals surface area contributed by atoms with Crippen LogP contribution in [0.25, 0.3) is 117 Å². The van der Waals surface area contributed by atoms with Crippen LogP contribution in [0, 0.1) is 0 Å². The van der Waals surface area contributed by atoms with E-state index in [2.05, 4.69) is 211 Å². The highest BCUT2D eigenvalue weighted by Gasteiger charge is 2.20. The van der Waals surface area contributed by atoms with Gasteiger partial charge in [-0.05, 0) is 51.9 Å². The Kier molecular flexibility index (Phi) is 8.79. The predicted molar refractivity (Wildman–Crippen MR) is 262 cm³/mol. The second-order valence-corrected chi connectivity index (χ2v) is 16.0. The SMILES string of the molecule is c1ccc(-c2ccc(-c3cc(-c4ccc(-c5ccc6c7ccc8c9ccccc9c(-c9ccccc9)nc8c7n(-c7ccccc7)c6c5)cc4)nc(-c4ccccc4)n3)cc2)cc1. The number of hydrogen-bond donors (Lipinski definition) is 0. The fourth-order valence-electron chi connectivity index (χ4n) is 9.11. The van der Waals surface area contributed by atoms with Crippen molar-refractivity contribution in [2.45, 2.75) is 0 Å². The zero-order chi connectivity index (χ0) is 41.7. The van der Waals surface area contributed by atoms with Crippen LogP contribution in [0.4, 0.5) is 0 Å². The molecule has 0 saturated heterocycles. The average molecular weight is 803 g/mol. The molecule has 12 rings (SSSR count). The lowest BCUT2D eigenvalue weighted by Crippen LogP contribution is -1.97. The van der Waals surface area contributed by atoms with Crippen molar-refractivity contribution in [3.05, 3.63) is 231 Å². The topological polar surface area (TPSA) is 43.6 Å². The Bertz CT molecular complexity index is 3620. The van der Waals surface area contributed by atoms with Crippen LogP contribution in [0.1, 0.15) is 0 Å². The van der Waals surface area contributed by atoms with Gasteiger partial charge in [-0.25, -0.2) is 15.0 Å². The maximum absolute atomic E-state index is 5.54. The molecule has 12 aromatic rings. The third-order valence-corrected chi connectivity index (χ3v) is 12.2. The van der Waals surface area contributed by atoms with Crippen molar-refractivity contribution in [1.82, 2.24) is 19.5 Å². The summed E-state index contributed by atoms with van der Waals surface area (Å²) in [6.45, 7) is 0. The van der Waals surface area contributed by atoms with Gasteiger partial charge in [0, 0.05) is 49.5 Å². The molecule has 0 fully saturated rings. The summed E-state index contributed by atoms with van der Waals surface area (Å²) in [5.74, 6) is 0.699. The van der Waals surface area contributed by atoms with Crippen molar-refractivity contribution in [2.75, 3.05) is 0 Å². The first-order valence-electron chi connectivity index (χ1n) is 21.4. The standard InChI is InChI=1S/C59H38N4/c1-5-15-39(16-6-1)40-25-29-42(30-26-40)53-38-54(61-59(60-53)45-19-9-3-10-20-45)43-31-27-41(28-32-43)46-33-34-49-52-36-35-51-48-23-13-14-24-50(48)56(44-17-7-2-8-18-44)62-57(51)58(52)63(55(49)37-46)47-21-11-4-12-22-47/h1-38H. The highest BCUT2D eigenvalue weighted by Crippen LogP contribution is 2.41. The van der Waals surface area contributed by atoms with E-state index in [-0.39, 0.29) is 0 Å². The fraction of sp³-hybridized carbons (Fsp3) is 0. The Morgan fingerprint density at radius 3 is 1.38 bits per heavy atom. The van der Waals surface area contributed by atoms with Crippen molar-refractivity contribution >= 4 is 43.5 Å². The number of benzene rings is 9. The van der Waals surface area contributed by atoms with Gasteiger partial charge in [-0.15, -0.1) is 0 Å². The molecule has 0 aliphatic carbocycles. The first kappa shape index (κ1) is 36.4. The molecule has 0 N–H and O–H groups in total. The summed E-state index contributed by atoms with van der Waals surface area (Å²) in [5.41, 5.74) is 15.8. The molecule has 0 aliphatic rings. The van der Waals surface area contributed by atoms with E-state index >= 15 is 0 Å². The molecule has 0 spiro atoms. The van der Waals surface area contributed by atoms with Gasteiger partial charge in [-0.1, -0.05) is 206 Å². The van der Waals surface area contributed by atoms with Crippen LogP contribution in [0.2, 0.25) is 0 Å². The van der Waals surface area contributed by atoms with E-state index in [1.165, 1.54) is 27.3 Å². The van der Waals surface area contributed by atoms with Crippen molar-refractivity contribution in [3.8, 4) is 73.1 Å². The smallest absolute Gasteiger partial charge is 0.160 e. The quantitative estimate of drug-likeness (QED) is 0.151. The van der Waals surface area contributed by atoms with Crippen LogP contribution in [-0.2, 0) is 0 Å². The number of nitrogens with zero attached hydrogens (tertiary/aromatic N) is 4. The minimum absolute atomic E-state index is 0.699. The molecule has 0 bridgehead atoms. The van der Waals surface area contributed by atoms with Crippen molar-refractivity contribution in [1.29, 1.82) is 0 Å². The largest absolute Gasteiger partial charge is 0.307 e. The van der Waals surface area contributed by atoms with Gasteiger partial charge in [0.1, 0.15) is 0 Å². The summed E-state index contributed by atoms with van der Waals surface area (Å²) >= 11 is 0. The Morgan fingerprint density at radius 1 is 0.286 bits per heavy atom. The van der Waals surface area contributed by atoms with E-state index in [0.29, 0.717) is 5.82 Å². The monoisotopic (exact) mass is 802 g/mol. The summed E-state index contributed by atoms with van der Waals surface area (Å²) in [6, 6.07) is 81.5. The molecule has 0 unspecified atom stereocenters. The molecular weight excluding hydrogens is 765 g/mol. The van der Waals surface area contributed by atoms with Gasteiger partial charge in [-0.3, -0.25) is 0 Å². The summed E-state index contributed by atoms with van der Waals surface area (Å²) in [4.78, 5) is 15.7. The van der Waals surface area contributed by atoms with Crippen LogP contribution in [0.15, 0.2) is 231 Å². The molecule has 0 aliphatic heterocycles. The number of aromatic nitrogens is 4. The molecule has 0 atom stereocenters. The van der Waals surface area contributed by atoms with E-state index in [9.17, 15) is 0 Å². The first-order chi connectivity index (χ1) is 31.2. The maximum atomic E-state index is 5.54. The van der Waals surface area contributed by atoms with E-state index < -0.39 is 0 Å². The Hall–Kier alpha value is -8.47. The molecular formula is C59H38N4. The predicted octanol–water partition coefficient (Wildman–Crippen LogP) is 15.3. The first-order valence-corrected chi connectivity index (χ1v) is 21.4. The Balaban J connectivity index is 0.986. The second-order valence-electron chi connectivity index (χ2n) is 16.0. The normalized spacial score (nSPS) is 11.5. The third kappa shape index (κ3) is 6.44. The molecule has 4 heteroatoms. The minimum atomic E-state index is 0.699. The Labute approximate surface area is 365 Å². The fourth-order valence-corrected chi connectivity index (χ4v) is 9.11. The van der Waals surface area contributed by atoms with Crippen LogP contribution in [0.5, 0.6) is 0 Å². The highest BCUT2D eigenvalue weighted by molar-refractivity contribution is 6.23. The summed E-state index contributed by atoms with van der Waals surface area (Å²) in [6.07, 6.45) is 0. The van der Waals surface area contributed by atoms with Crippen LogP contribution in [0.3, 0.4) is 0 Å². The summed E-state index contributed by atoms with van der Waals surface area (Å²) < 4.78 is 2.40. The van der Waals surface area contributed by atoms with Gasteiger partial charge in [0.25, 0.3) is 0 Å². The summed E-state index contributed by atoms with van der Waals surface area (Å²) in [7, 11) is 0. The second kappa shape index (κ2) is 15.2. The molecule has 0 amide bonds. The lowest BCUT2D eigenvalue weighted by atomic mass is 9.98. The van der Waals surface area contributed by atoms with Crippen molar-refractivity contribution in [2.24, 2.45) is 0 Å². The van der Waals surface area contributed by atoms with E-state index in [1.807, 2.05) is 24.3 Å². The van der Waals surface area contributed by atoms with E-state index in [1.54, 1.807) is 0 Å². The molecule has 63 heavy (non-hydrogen) atoms. The zero-order valence-corrected chi connectivity index (χ0v) is 34.2. The van der Waals surface area contributed by atoms with Gasteiger partial charge in [0.2, 0.25) is 0 Å². The van der Waals surface area contributed by atoms with Crippen molar-refractivity contribution < 1.29 is 0 Å². The number of pyridine rings is 1. The lowest BCUT2D eigenvalue weighted by Gasteiger charge is -2.13. The van der Waals surface area contributed by atoms with Gasteiger partial charge < -0.3 is 4.57 Å². The minimum Gasteiger partial charge on any atom is -0.307 e. The summed E-state index contributed by atoms with van der Waals surface area (Å²) in [5, 5.41) is 5.85. The molecule has 0 saturated carbocycles. The van der Waals surface area contributed by atoms with Gasteiger partial charge in [0.05, 0.1) is 33.6 Å². The Morgan fingerprint density at radius 2 is 0.746 bits per heavy atom. The molecule has 294 valence electrons. The number of para-hydroxylation sites is 1. The van der Waals surface area contributed by atoms with E-state index in [0.717, 1.165) is 83.5 Å². The van der Waals surface area contributed by atoms with Gasteiger partial charge in [-0.2, -0.15) is 0 Å². The maximum Gasteiger partial charge on any atom is 0.160 e. The molecule has 9 aromatic carbocycles. The molecule has 0 radical (unpaired) electrons. The zero-order valence-electron chi connectivity index (χ0n) is 34.2. The van der Waals surface area contributed by atoms with Crippen LogP contribution in [-0.4, -0.2) is 19.5 Å². The number of rotatable bonds is 7.